The van der Waals surface area contributed by atoms with E-state index in [1.807, 2.05) is 25.1 Å². The summed E-state index contributed by atoms with van der Waals surface area (Å²) in [5.74, 6) is 0.384. The summed E-state index contributed by atoms with van der Waals surface area (Å²) in [6.45, 7) is 1.58. The number of carbonyl (C=O) groups excluding carboxylic acids is 1. The maximum Gasteiger partial charge on any atom is 0.262 e. The predicted molar refractivity (Wildman–Crippen MR) is 102 cm³/mol. The van der Waals surface area contributed by atoms with Gasteiger partial charge in [-0.15, -0.1) is 0 Å². The lowest BCUT2D eigenvalue weighted by Crippen LogP contribution is -2.21. The Labute approximate surface area is 161 Å². The van der Waals surface area contributed by atoms with Crippen molar-refractivity contribution in [2.75, 3.05) is 11.9 Å². The third-order valence-electron chi connectivity index (χ3n) is 3.61. The molecule has 3 rings (SSSR count). The first-order valence-corrected chi connectivity index (χ1v) is 8.46. The lowest BCUT2D eigenvalue weighted by molar-refractivity contribution is -0.118. The van der Waals surface area contributed by atoms with Gasteiger partial charge in [0.15, 0.2) is 12.4 Å². The van der Waals surface area contributed by atoms with Crippen molar-refractivity contribution in [1.29, 1.82) is 5.26 Å². The van der Waals surface area contributed by atoms with Gasteiger partial charge < -0.3 is 10.1 Å². The normalized spacial score (nSPS) is 10.1. The molecule has 0 saturated heterocycles. The van der Waals surface area contributed by atoms with E-state index in [1.165, 1.54) is 0 Å². The molecule has 1 heterocycles. The fourth-order valence-corrected chi connectivity index (χ4v) is 2.48. The molecule has 0 spiro atoms. The van der Waals surface area contributed by atoms with E-state index in [-0.39, 0.29) is 18.4 Å². The van der Waals surface area contributed by atoms with Gasteiger partial charge in [0.2, 0.25) is 5.88 Å². The van der Waals surface area contributed by atoms with E-state index in [1.54, 1.807) is 42.5 Å². The molecule has 0 fully saturated rings. The molecule has 134 valence electrons. The van der Waals surface area contributed by atoms with E-state index in [9.17, 15) is 4.79 Å². The number of halogens is 1. The summed E-state index contributed by atoms with van der Waals surface area (Å²) in [4.78, 5) is 20.8. The van der Waals surface area contributed by atoms with Crippen molar-refractivity contribution in [2.24, 2.45) is 0 Å². The topological polar surface area (TPSA) is 87.9 Å². The number of hydrogen-bond donors (Lipinski definition) is 1. The monoisotopic (exact) mass is 378 g/mol. The number of nitrogens with one attached hydrogen (secondary N) is 1. The zero-order valence-electron chi connectivity index (χ0n) is 14.4. The van der Waals surface area contributed by atoms with Crippen molar-refractivity contribution in [3.05, 3.63) is 70.9 Å². The molecule has 1 amide bonds. The van der Waals surface area contributed by atoms with E-state index in [4.69, 9.17) is 21.6 Å². The average molecular weight is 379 g/mol. The molecule has 6 nitrogen and oxygen atoms in total. The highest BCUT2D eigenvalue weighted by Crippen LogP contribution is 2.21. The van der Waals surface area contributed by atoms with E-state index in [2.05, 4.69) is 15.3 Å². The van der Waals surface area contributed by atoms with Crippen LogP contribution in [0.1, 0.15) is 11.3 Å². The number of nitrogens with zero attached hydrogens (tertiary/aromatic N) is 3. The number of amides is 1. The number of rotatable bonds is 5. The van der Waals surface area contributed by atoms with E-state index in [0.717, 1.165) is 5.56 Å². The molecule has 2 aromatic carbocycles. The molecule has 0 atom stereocenters. The average Bonchev–Trinajstić information content (AvgIpc) is 2.67. The molecule has 0 aliphatic heterocycles. The van der Waals surface area contributed by atoms with Gasteiger partial charge in [0.05, 0.1) is 11.3 Å². The lowest BCUT2D eigenvalue weighted by atomic mass is 10.2. The summed E-state index contributed by atoms with van der Waals surface area (Å²) < 4.78 is 5.51. The Kier molecular flexibility index (Phi) is 5.64. The highest BCUT2D eigenvalue weighted by atomic mass is 35.5. The van der Waals surface area contributed by atoms with Crippen molar-refractivity contribution in [2.45, 2.75) is 6.92 Å². The Balaban J connectivity index is 1.70. The van der Waals surface area contributed by atoms with Crippen LogP contribution in [0.3, 0.4) is 0 Å². The van der Waals surface area contributed by atoms with Crippen LogP contribution in [0.2, 0.25) is 5.02 Å². The number of ether oxygens (including phenoxy) is 1. The van der Waals surface area contributed by atoms with Crippen LogP contribution in [0.4, 0.5) is 5.69 Å². The van der Waals surface area contributed by atoms with Crippen LogP contribution in [0, 0.1) is 18.3 Å². The Morgan fingerprint density at radius 2 is 1.93 bits per heavy atom. The quantitative estimate of drug-likeness (QED) is 0.725. The number of nitriles is 1. The Bertz CT molecular complexity index is 1010. The van der Waals surface area contributed by atoms with Crippen LogP contribution in [-0.4, -0.2) is 22.5 Å². The van der Waals surface area contributed by atoms with Gasteiger partial charge >= 0.3 is 0 Å². The number of carbonyl (C=O) groups is 1. The maximum absolute atomic E-state index is 12.1. The minimum Gasteiger partial charge on any atom is -0.467 e. The summed E-state index contributed by atoms with van der Waals surface area (Å²) in [5, 5.41) is 12.3. The molecule has 0 bridgehead atoms. The summed E-state index contributed by atoms with van der Waals surface area (Å²) in [7, 11) is 0. The maximum atomic E-state index is 12.1. The zero-order chi connectivity index (χ0) is 19.2. The number of benzene rings is 2. The third-order valence-corrected chi connectivity index (χ3v) is 3.86. The molecule has 0 aliphatic rings. The van der Waals surface area contributed by atoms with Crippen LogP contribution >= 0.6 is 11.6 Å². The smallest absolute Gasteiger partial charge is 0.262 e. The molecule has 1 aromatic heterocycles. The SMILES string of the molecule is Cc1cc(OCC(=O)Nc2ccccc2C#N)nc(-c2ccc(Cl)cc2)n1. The number of para-hydroxylation sites is 1. The second-order valence-electron chi connectivity index (χ2n) is 5.67. The Hall–Kier alpha value is -3.43. The van der Waals surface area contributed by atoms with Gasteiger partial charge in [-0.25, -0.2) is 4.98 Å². The highest BCUT2D eigenvalue weighted by Gasteiger charge is 2.10. The van der Waals surface area contributed by atoms with Crippen molar-refractivity contribution >= 4 is 23.2 Å². The minimum absolute atomic E-state index is 0.240. The van der Waals surface area contributed by atoms with Crippen LogP contribution in [-0.2, 0) is 4.79 Å². The number of aryl methyl sites for hydroxylation is 1. The molecular weight excluding hydrogens is 364 g/mol. The van der Waals surface area contributed by atoms with Gasteiger partial charge in [0.25, 0.3) is 5.91 Å². The number of anilines is 1. The lowest BCUT2D eigenvalue weighted by Gasteiger charge is -2.09. The molecule has 0 saturated carbocycles. The number of aromatic nitrogens is 2. The van der Waals surface area contributed by atoms with Crippen LogP contribution < -0.4 is 10.1 Å². The van der Waals surface area contributed by atoms with Gasteiger partial charge in [-0.3, -0.25) is 4.79 Å². The largest absolute Gasteiger partial charge is 0.467 e. The van der Waals surface area contributed by atoms with Gasteiger partial charge in [0, 0.05) is 22.3 Å². The fraction of sp³-hybridized carbons (Fsp3) is 0.100. The van der Waals surface area contributed by atoms with Crippen LogP contribution in [0.15, 0.2) is 54.6 Å². The Morgan fingerprint density at radius 3 is 2.67 bits per heavy atom. The summed E-state index contributed by atoms with van der Waals surface area (Å²) in [6.07, 6.45) is 0. The molecule has 3 aromatic rings. The zero-order valence-corrected chi connectivity index (χ0v) is 15.2. The van der Waals surface area contributed by atoms with E-state index in [0.29, 0.717) is 27.8 Å². The van der Waals surface area contributed by atoms with Crippen molar-refractivity contribution < 1.29 is 9.53 Å². The Morgan fingerprint density at radius 1 is 1.19 bits per heavy atom. The molecular formula is C20H15ClN4O2. The molecule has 0 radical (unpaired) electrons. The standard InChI is InChI=1S/C20H15ClN4O2/c1-13-10-19(25-20(23-13)14-6-8-16(21)9-7-14)27-12-18(26)24-17-5-3-2-4-15(17)11-22/h2-10H,12H2,1H3,(H,24,26). The van der Waals surface area contributed by atoms with Crippen molar-refractivity contribution in [3.8, 4) is 23.3 Å². The summed E-state index contributed by atoms with van der Waals surface area (Å²) >= 11 is 5.90. The molecule has 27 heavy (non-hydrogen) atoms. The van der Waals surface area contributed by atoms with Gasteiger partial charge in [-0.2, -0.15) is 10.2 Å². The third kappa shape index (κ3) is 4.81. The molecule has 7 heteroatoms. The first-order valence-electron chi connectivity index (χ1n) is 8.08. The fourth-order valence-electron chi connectivity index (χ4n) is 2.36. The second kappa shape index (κ2) is 8.30. The predicted octanol–water partition coefficient (Wildman–Crippen LogP) is 3.99. The van der Waals surface area contributed by atoms with Crippen molar-refractivity contribution in [1.82, 2.24) is 9.97 Å². The van der Waals surface area contributed by atoms with Gasteiger partial charge in [-0.1, -0.05) is 23.7 Å². The van der Waals surface area contributed by atoms with E-state index >= 15 is 0 Å². The first-order chi connectivity index (χ1) is 13.0. The van der Waals surface area contributed by atoms with Crippen LogP contribution in [0.25, 0.3) is 11.4 Å². The summed E-state index contributed by atoms with van der Waals surface area (Å²) in [6, 6.07) is 17.6. The highest BCUT2D eigenvalue weighted by molar-refractivity contribution is 6.30. The molecule has 1 N–H and O–H groups in total. The van der Waals surface area contributed by atoms with Crippen LogP contribution in [0.5, 0.6) is 5.88 Å². The molecule has 0 unspecified atom stereocenters. The van der Waals surface area contributed by atoms with Gasteiger partial charge in [0.1, 0.15) is 6.07 Å². The number of hydrogen-bond acceptors (Lipinski definition) is 5. The van der Waals surface area contributed by atoms with Crippen molar-refractivity contribution in [3.63, 3.8) is 0 Å². The van der Waals surface area contributed by atoms with E-state index < -0.39 is 0 Å². The second-order valence-corrected chi connectivity index (χ2v) is 6.11. The van der Waals surface area contributed by atoms with Gasteiger partial charge in [-0.05, 0) is 43.3 Å². The summed E-state index contributed by atoms with van der Waals surface area (Å²) in [5.41, 5.74) is 2.32. The molecule has 0 aliphatic carbocycles. The minimum atomic E-state index is -0.387. The first kappa shape index (κ1) is 18.4.